The second-order valence-electron chi connectivity index (χ2n) is 5.73. The van der Waals surface area contributed by atoms with Gasteiger partial charge in [-0.15, -0.1) is 0 Å². The average molecular weight is 351 g/mol. The van der Waals surface area contributed by atoms with Crippen LogP contribution in [0.15, 0.2) is 12.3 Å². The maximum Gasteiger partial charge on any atom is 0.306 e. The van der Waals surface area contributed by atoms with Crippen molar-refractivity contribution in [2.75, 3.05) is 14.2 Å². The number of carbonyl (C=O) groups is 2. The van der Waals surface area contributed by atoms with Crippen molar-refractivity contribution in [3.8, 4) is 5.75 Å². The van der Waals surface area contributed by atoms with E-state index in [1.165, 1.54) is 0 Å². The Hall–Kier alpha value is -2.15. The molecule has 0 radical (unpaired) electrons. The zero-order chi connectivity index (χ0) is 18.8. The maximum atomic E-state index is 11.6. The number of hydrogen-bond acceptors (Lipinski definition) is 5. The first-order valence-electron chi connectivity index (χ1n) is 8.76. The molecule has 1 aliphatic carbocycles. The standard InChI is InChI=1S/C16H23N3O4.C2H6/c1-17-15(20)13-7-14(23-2)11(9-19-13)8-18-12-5-3-10(4-6-12)16(21)22;1-2/h7,9-10,12,18H,3-6,8H2,1-2H3,(H,17,20)(H,21,22);1-2H3. The first-order valence-corrected chi connectivity index (χ1v) is 8.76. The van der Waals surface area contributed by atoms with Crippen LogP contribution in [0.3, 0.4) is 0 Å². The minimum absolute atomic E-state index is 0.212. The van der Waals surface area contributed by atoms with E-state index < -0.39 is 5.97 Å². The lowest BCUT2D eigenvalue weighted by molar-refractivity contribution is -0.142. The minimum Gasteiger partial charge on any atom is -0.496 e. The van der Waals surface area contributed by atoms with Crippen LogP contribution in [-0.2, 0) is 11.3 Å². The second-order valence-corrected chi connectivity index (χ2v) is 5.73. The van der Waals surface area contributed by atoms with Crippen molar-refractivity contribution in [1.82, 2.24) is 15.6 Å². The predicted octanol–water partition coefficient (Wildman–Crippen LogP) is 2.21. The predicted molar refractivity (Wildman–Crippen MR) is 95.7 cm³/mol. The van der Waals surface area contributed by atoms with Crippen LogP contribution in [0.2, 0.25) is 0 Å². The van der Waals surface area contributed by atoms with Crippen molar-refractivity contribution in [2.45, 2.75) is 52.1 Å². The molecule has 0 aliphatic heterocycles. The molecule has 140 valence electrons. The van der Waals surface area contributed by atoms with E-state index in [-0.39, 0.29) is 11.8 Å². The fourth-order valence-electron chi connectivity index (χ4n) is 2.84. The number of pyridine rings is 1. The van der Waals surface area contributed by atoms with Gasteiger partial charge in [0.05, 0.1) is 13.0 Å². The van der Waals surface area contributed by atoms with Crippen LogP contribution in [-0.4, -0.2) is 42.2 Å². The van der Waals surface area contributed by atoms with Gasteiger partial charge in [0, 0.05) is 37.5 Å². The summed E-state index contributed by atoms with van der Waals surface area (Å²) in [5.74, 6) is -0.546. The Kier molecular flexibility index (Phi) is 8.91. The van der Waals surface area contributed by atoms with Crippen LogP contribution in [0.4, 0.5) is 0 Å². The van der Waals surface area contributed by atoms with Crippen LogP contribution in [0.1, 0.15) is 55.6 Å². The summed E-state index contributed by atoms with van der Waals surface area (Å²) >= 11 is 0. The summed E-state index contributed by atoms with van der Waals surface area (Å²) in [4.78, 5) is 26.7. The van der Waals surface area contributed by atoms with Gasteiger partial charge in [-0.2, -0.15) is 0 Å². The quantitative estimate of drug-likeness (QED) is 0.726. The molecule has 0 atom stereocenters. The van der Waals surface area contributed by atoms with E-state index in [2.05, 4.69) is 15.6 Å². The lowest BCUT2D eigenvalue weighted by Crippen LogP contribution is -2.34. The van der Waals surface area contributed by atoms with Crippen molar-refractivity contribution < 1.29 is 19.4 Å². The molecule has 0 bridgehead atoms. The molecule has 7 nitrogen and oxygen atoms in total. The van der Waals surface area contributed by atoms with E-state index in [0.29, 0.717) is 36.9 Å². The summed E-state index contributed by atoms with van der Waals surface area (Å²) in [7, 11) is 3.12. The summed E-state index contributed by atoms with van der Waals surface area (Å²) in [6.45, 7) is 4.58. The molecule has 0 saturated heterocycles. The Morgan fingerprint density at radius 2 is 1.92 bits per heavy atom. The Morgan fingerprint density at radius 3 is 2.44 bits per heavy atom. The molecule has 1 heterocycles. The molecular weight excluding hydrogens is 322 g/mol. The molecule has 1 aliphatic rings. The number of rotatable bonds is 6. The largest absolute Gasteiger partial charge is 0.496 e. The number of methoxy groups -OCH3 is 1. The number of aromatic nitrogens is 1. The third-order valence-electron chi connectivity index (χ3n) is 4.28. The molecule has 1 amide bonds. The van der Waals surface area contributed by atoms with Gasteiger partial charge in [-0.3, -0.25) is 14.6 Å². The normalized spacial score (nSPS) is 19.4. The first-order chi connectivity index (χ1) is 12.0. The van der Waals surface area contributed by atoms with Crippen LogP contribution >= 0.6 is 0 Å². The van der Waals surface area contributed by atoms with Crippen molar-refractivity contribution in [3.05, 3.63) is 23.5 Å². The van der Waals surface area contributed by atoms with E-state index in [0.717, 1.165) is 18.4 Å². The summed E-state index contributed by atoms with van der Waals surface area (Å²) in [5.41, 5.74) is 1.19. The molecule has 25 heavy (non-hydrogen) atoms. The highest BCUT2D eigenvalue weighted by molar-refractivity contribution is 5.92. The van der Waals surface area contributed by atoms with Gasteiger partial charge >= 0.3 is 5.97 Å². The number of carbonyl (C=O) groups excluding carboxylic acids is 1. The molecule has 7 heteroatoms. The zero-order valence-corrected chi connectivity index (χ0v) is 15.5. The van der Waals surface area contributed by atoms with Crippen molar-refractivity contribution in [2.24, 2.45) is 5.92 Å². The number of carboxylic acid groups (broad SMARTS) is 1. The van der Waals surface area contributed by atoms with E-state index in [1.54, 1.807) is 26.4 Å². The first kappa shape index (κ1) is 20.9. The van der Waals surface area contributed by atoms with Crippen molar-refractivity contribution >= 4 is 11.9 Å². The van der Waals surface area contributed by atoms with Crippen LogP contribution in [0, 0.1) is 5.92 Å². The van der Waals surface area contributed by atoms with Crippen LogP contribution < -0.4 is 15.4 Å². The number of nitrogens with one attached hydrogen (secondary N) is 2. The van der Waals surface area contributed by atoms with E-state index >= 15 is 0 Å². The highest BCUT2D eigenvalue weighted by Crippen LogP contribution is 2.25. The van der Waals surface area contributed by atoms with Gasteiger partial charge in [0.1, 0.15) is 11.4 Å². The Bertz CT molecular complexity index is 569. The second kappa shape index (κ2) is 10.7. The number of ether oxygens (including phenoxy) is 1. The Morgan fingerprint density at radius 1 is 1.28 bits per heavy atom. The molecule has 1 saturated carbocycles. The van der Waals surface area contributed by atoms with E-state index in [1.807, 2.05) is 13.8 Å². The van der Waals surface area contributed by atoms with Gasteiger partial charge in [-0.25, -0.2) is 0 Å². The monoisotopic (exact) mass is 351 g/mol. The summed E-state index contributed by atoms with van der Waals surface area (Å²) < 4.78 is 5.33. The van der Waals surface area contributed by atoms with Gasteiger partial charge in [-0.05, 0) is 25.7 Å². The third-order valence-corrected chi connectivity index (χ3v) is 4.28. The molecule has 0 spiro atoms. The van der Waals surface area contributed by atoms with Crippen LogP contribution in [0.25, 0.3) is 0 Å². The molecule has 1 fully saturated rings. The Balaban J connectivity index is 0.00000151. The van der Waals surface area contributed by atoms with Crippen molar-refractivity contribution in [3.63, 3.8) is 0 Å². The molecule has 0 unspecified atom stereocenters. The number of aliphatic carboxylic acids is 1. The molecule has 1 aromatic heterocycles. The van der Waals surface area contributed by atoms with Gasteiger partial charge in [0.15, 0.2) is 0 Å². The lowest BCUT2D eigenvalue weighted by atomic mass is 9.86. The summed E-state index contributed by atoms with van der Waals surface area (Å²) in [6, 6.07) is 1.92. The van der Waals surface area contributed by atoms with Gasteiger partial charge in [0.25, 0.3) is 5.91 Å². The molecule has 1 aromatic rings. The fraction of sp³-hybridized carbons (Fsp3) is 0.611. The highest BCUT2D eigenvalue weighted by Gasteiger charge is 2.25. The topological polar surface area (TPSA) is 101 Å². The number of nitrogens with zero attached hydrogens (tertiary/aromatic N) is 1. The minimum atomic E-state index is -0.695. The lowest BCUT2D eigenvalue weighted by Gasteiger charge is -2.27. The summed E-state index contributed by atoms with van der Waals surface area (Å²) in [6.07, 6.45) is 4.75. The fourth-order valence-corrected chi connectivity index (χ4v) is 2.84. The maximum absolute atomic E-state index is 11.6. The summed E-state index contributed by atoms with van der Waals surface area (Å²) in [5, 5.41) is 15.0. The molecule has 2 rings (SSSR count). The SMILES string of the molecule is CC.CNC(=O)c1cc(OC)c(CNC2CCC(C(=O)O)CC2)cn1. The van der Waals surface area contributed by atoms with Gasteiger partial charge in [0.2, 0.25) is 0 Å². The molecule has 3 N–H and O–H groups in total. The number of carboxylic acids is 1. The zero-order valence-electron chi connectivity index (χ0n) is 15.5. The van der Waals surface area contributed by atoms with Crippen LogP contribution in [0.5, 0.6) is 5.75 Å². The molecular formula is C18H29N3O4. The third kappa shape index (κ3) is 6.01. The highest BCUT2D eigenvalue weighted by atomic mass is 16.5. The van der Waals surface area contributed by atoms with Gasteiger partial charge < -0.3 is 20.5 Å². The van der Waals surface area contributed by atoms with Gasteiger partial charge in [-0.1, -0.05) is 13.8 Å². The van der Waals surface area contributed by atoms with E-state index in [4.69, 9.17) is 9.84 Å². The van der Waals surface area contributed by atoms with Crippen molar-refractivity contribution in [1.29, 1.82) is 0 Å². The number of hydrogen-bond donors (Lipinski definition) is 3. The van der Waals surface area contributed by atoms with E-state index in [9.17, 15) is 9.59 Å². The average Bonchev–Trinajstić information content (AvgIpc) is 2.67. The molecule has 0 aromatic carbocycles. The number of amides is 1. The smallest absolute Gasteiger partial charge is 0.306 e. The Labute approximate surface area is 149 Å².